The monoisotopic (exact) mass is 335 g/mol. The summed E-state index contributed by atoms with van der Waals surface area (Å²) in [5.41, 5.74) is 3.63. The van der Waals surface area contributed by atoms with Crippen LogP contribution in [0.15, 0.2) is 60.7 Å². The second-order valence-corrected chi connectivity index (χ2v) is 10.1. The van der Waals surface area contributed by atoms with Gasteiger partial charge in [0.2, 0.25) is 0 Å². The van der Waals surface area contributed by atoms with Gasteiger partial charge in [-0.05, 0) is 0 Å². The summed E-state index contributed by atoms with van der Waals surface area (Å²) in [6.07, 6.45) is 0. The molecule has 0 aliphatic heterocycles. The zero-order valence-corrected chi connectivity index (χ0v) is 16.2. The molecular weight excluding hydrogens is 310 g/mol. The standard InChI is InChI=1S/2C10H13.Ga/c2*1-10(2,3)9-7-5-4-6-8-9;/h2*4-8H,1H2,2-3H3;. The molecule has 0 aliphatic rings. The Labute approximate surface area is 137 Å². The second kappa shape index (κ2) is 6.89. The Morgan fingerprint density at radius 2 is 0.952 bits per heavy atom. The summed E-state index contributed by atoms with van der Waals surface area (Å²) in [7, 11) is 0. The van der Waals surface area contributed by atoms with Crippen LogP contribution in [0.1, 0.15) is 38.8 Å². The molecule has 0 saturated carbocycles. The fourth-order valence-electron chi connectivity index (χ4n) is 2.81. The molecule has 109 valence electrons. The molecule has 2 rings (SSSR count). The Bertz CT molecular complexity index is 489. The third-order valence-corrected chi connectivity index (χ3v) is 9.91. The van der Waals surface area contributed by atoms with Crippen LogP contribution < -0.4 is 0 Å². The van der Waals surface area contributed by atoms with E-state index in [9.17, 15) is 0 Å². The summed E-state index contributed by atoms with van der Waals surface area (Å²) in [5.74, 6) is 0. The molecule has 0 amide bonds. The van der Waals surface area contributed by atoms with Gasteiger partial charge in [0.15, 0.2) is 0 Å². The van der Waals surface area contributed by atoms with Crippen molar-refractivity contribution in [3.8, 4) is 0 Å². The normalized spacial score (nSPS) is 12.2. The summed E-state index contributed by atoms with van der Waals surface area (Å²) in [4.78, 5) is 2.77. The second-order valence-electron chi connectivity index (χ2n) is 7.20. The molecule has 0 aliphatic carbocycles. The molecule has 1 radical (unpaired) electrons. The minimum absolute atomic E-state index is 0.252. The third kappa shape index (κ3) is 4.52. The first kappa shape index (κ1) is 16.4. The Hall–Kier alpha value is -0.924. The molecule has 0 heterocycles. The Morgan fingerprint density at radius 3 is 1.29 bits per heavy atom. The van der Waals surface area contributed by atoms with E-state index in [0.717, 1.165) is 0 Å². The SMILES string of the molecule is CC(C)([CH2][Ga][CH2]C(C)(C)c1ccccc1)c1ccccc1. The van der Waals surface area contributed by atoms with Crippen molar-refractivity contribution >= 4 is 17.4 Å². The molecular formula is C20H26Ga. The van der Waals surface area contributed by atoms with Crippen LogP contribution in [-0.4, -0.2) is 17.4 Å². The van der Waals surface area contributed by atoms with Crippen LogP contribution in [0.2, 0.25) is 9.95 Å². The van der Waals surface area contributed by atoms with Crippen LogP contribution in [0.3, 0.4) is 0 Å². The molecule has 1 heteroatoms. The topological polar surface area (TPSA) is 0 Å². The molecule has 0 unspecified atom stereocenters. The van der Waals surface area contributed by atoms with Gasteiger partial charge in [0, 0.05) is 0 Å². The quantitative estimate of drug-likeness (QED) is 0.613. The first-order valence-electron chi connectivity index (χ1n) is 7.84. The van der Waals surface area contributed by atoms with Crippen molar-refractivity contribution in [2.75, 3.05) is 0 Å². The van der Waals surface area contributed by atoms with Crippen molar-refractivity contribution in [2.45, 2.75) is 48.5 Å². The van der Waals surface area contributed by atoms with Crippen molar-refractivity contribution in [3.63, 3.8) is 0 Å². The maximum atomic E-state index is 2.40. The van der Waals surface area contributed by atoms with Gasteiger partial charge in [0.05, 0.1) is 0 Å². The summed E-state index contributed by atoms with van der Waals surface area (Å²) < 4.78 is 0. The molecule has 0 fully saturated rings. The van der Waals surface area contributed by atoms with Crippen LogP contribution in [0.5, 0.6) is 0 Å². The van der Waals surface area contributed by atoms with Gasteiger partial charge >= 0.3 is 138 Å². The van der Waals surface area contributed by atoms with Crippen molar-refractivity contribution in [2.24, 2.45) is 0 Å². The maximum absolute atomic E-state index is 2.40. The van der Waals surface area contributed by atoms with Gasteiger partial charge in [0.1, 0.15) is 0 Å². The molecule has 0 spiro atoms. The molecule has 0 bridgehead atoms. The van der Waals surface area contributed by atoms with Crippen LogP contribution in [-0.2, 0) is 10.8 Å². The van der Waals surface area contributed by atoms with E-state index in [0.29, 0.717) is 10.8 Å². The van der Waals surface area contributed by atoms with Gasteiger partial charge in [-0.1, -0.05) is 0 Å². The zero-order valence-electron chi connectivity index (χ0n) is 13.8. The van der Waals surface area contributed by atoms with Gasteiger partial charge in [0.25, 0.3) is 0 Å². The van der Waals surface area contributed by atoms with Crippen LogP contribution >= 0.6 is 0 Å². The zero-order chi connectivity index (χ0) is 15.3. The van der Waals surface area contributed by atoms with Crippen molar-refractivity contribution in [1.82, 2.24) is 0 Å². The van der Waals surface area contributed by atoms with E-state index in [-0.39, 0.29) is 17.4 Å². The third-order valence-electron chi connectivity index (χ3n) is 4.42. The Kier molecular flexibility index (Phi) is 5.40. The number of hydrogen-bond acceptors (Lipinski definition) is 0. The van der Waals surface area contributed by atoms with Gasteiger partial charge < -0.3 is 0 Å². The van der Waals surface area contributed by atoms with Gasteiger partial charge in [-0.2, -0.15) is 0 Å². The van der Waals surface area contributed by atoms with E-state index in [1.165, 1.54) is 21.1 Å². The number of rotatable bonds is 6. The van der Waals surface area contributed by atoms with Crippen molar-refractivity contribution in [3.05, 3.63) is 71.8 Å². The molecule has 0 saturated heterocycles. The Balaban J connectivity index is 1.95. The van der Waals surface area contributed by atoms with Gasteiger partial charge in [-0.15, -0.1) is 0 Å². The van der Waals surface area contributed by atoms with Crippen LogP contribution in [0.4, 0.5) is 0 Å². The summed E-state index contributed by atoms with van der Waals surface area (Å²) in [6.45, 7) is 9.59. The van der Waals surface area contributed by atoms with Crippen molar-refractivity contribution < 1.29 is 0 Å². The fraction of sp³-hybridized carbons (Fsp3) is 0.400. The molecule has 0 atom stereocenters. The van der Waals surface area contributed by atoms with E-state index in [1.807, 2.05) is 0 Å². The predicted molar refractivity (Wildman–Crippen MR) is 94.3 cm³/mol. The minimum atomic E-state index is -0.252. The van der Waals surface area contributed by atoms with Crippen LogP contribution in [0.25, 0.3) is 0 Å². The molecule has 21 heavy (non-hydrogen) atoms. The molecule has 0 nitrogen and oxygen atoms in total. The summed E-state index contributed by atoms with van der Waals surface area (Å²) in [5, 5.41) is 0. The fourth-order valence-corrected chi connectivity index (χ4v) is 7.13. The van der Waals surface area contributed by atoms with E-state index < -0.39 is 0 Å². The van der Waals surface area contributed by atoms with Crippen LogP contribution in [0, 0.1) is 0 Å². The van der Waals surface area contributed by atoms with E-state index in [4.69, 9.17) is 0 Å². The summed E-state index contributed by atoms with van der Waals surface area (Å²) >= 11 is -0.252. The molecule has 2 aromatic rings. The number of benzene rings is 2. The molecule has 0 aromatic heterocycles. The van der Waals surface area contributed by atoms with E-state index in [2.05, 4.69) is 88.4 Å². The summed E-state index contributed by atoms with van der Waals surface area (Å²) in [6, 6.07) is 22.0. The van der Waals surface area contributed by atoms with E-state index in [1.54, 1.807) is 0 Å². The van der Waals surface area contributed by atoms with Gasteiger partial charge in [-0.25, -0.2) is 0 Å². The average molecular weight is 336 g/mol. The van der Waals surface area contributed by atoms with Crippen molar-refractivity contribution in [1.29, 1.82) is 0 Å². The first-order valence-corrected chi connectivity index (χ1v) is 11.3. The number of hydrogen-bond donors (Lipinski definition) is 0. The van der Waals surface area contributed by atoms with Gasteiger partial charge in [-0.3, -0.25) is 0 Å². The first-order chi connectivity index (χ1) is 9.92. The predicted octanol–water partition coefficient (Wildman–Crippen LogP) is 5.48. The molecule has 2 aromatic carbocycles. The Morgan fingerprint density at radius 1 is 0.619 bits per heavy atom. The van der Waals surface area contributed by atoms with E-state index >= 15 is 0 Å². The average Bonchev–Trinajstić information content (AvgIpc) is 2.49. The molecule has 0 N–H and O–H groups in total.